The molecule has 0 bridgehead atoms. The van der Waals surface area contributed by atoms with Crippen LogP contribution in [0.1, 0.15) is 22.8 Å². The Balaban J connectivity index is 1.73. The van der Waals surface area contributed by atoms with Crippen LogP contribution in [0.2, 0.25) is 0 Å². The van der Waals surface area contributed by atoms with Crippen molar-refractivity contribution in [2.45, 2.75) is 12.3 Å². The van der Waals surface area contributed by atoms with E-state index in [1.165, 1.54) is 23.5 Å². The second-order valence-corrected chi connectivity index (χ2v) is 6.79. The van der Waals surface area contributed by atoms with Gasteiger partial charge in [0.2, 0.25) is 5.91 Å². The molecule has 1 aromatic heterocycles. The van der Waals surface area contributed by atoms with E-state index in [1.807, 2.05) is 0 Å². The monoisotopic (exact) mass is 351 g/mol. The van der Waals surface area contributed by atoms with Gasteiger partial charge in [-0.2, -0.15) is 0 Å². The molecule has 1 aromatic carbocycles. The Morgan fingerprint density at radius 3 is 2.83 bits per heavy atom. The van der Waals surface area contributed by atoms with E-state index < -0.39 is 17.6 Å². The van der Waals surface area contributed by atoms with Crippen LogP contribution in [0.4, 0.5) is 19.7 Å². The topological polar surface area (TPSA) is 54.5 Å². The Morgan fingerprint density at radius 1 is 1.29 bits per heavy atom. The van der Waals surface area contributed by atoms with E-state index in [4.69, 9.17) is 4.74 Å². The summed E-state index contributed by atoms with van der Waals surface area (Å²) < 4.78 is 32.7. The molecule has 0 aliphatic carbocycles. The average molecular weight is 351 g/mol. The summed E-state index contributed by atoms with van der Waals surface area (Å²) in [4.78, 5) is 19.4. The number of carbonyl (C=O) groups is 1. The number of nitrogens with zero attached hydrogens (tertiary/aromatic N) is 2. The van der Waals surface area contributed by atoms with Crippen LogP contribution in [-0.2, 0) is 9.53 Å². The minimum absolute atomic E-state index is 0.125. The van der Waals surface area contributed by atoms with E-state index in [-0.39, 0.29) is 12.3 Å². The molecule has 1 fully saturated rings. The Bertz CT molecular complexity index is 790. The van der Waals surface area contributed by atoms with E-state index in [0.717, 1.165) is 29.2 Å². The highest BCUT2D eigenvalue weighted by Crippen LogP contribution is 2.43. The van der Waals surface area contributed by atoms with Crippen molar-refractivity contribution in [2.24, 2.45) is 0 Å². The molecule has 1 amide bonds. The molecule has 0 spiro atoms. The first-order valence-electron chi connectivity index (χ1n) is 7.70. The van der Waals surface area contributed by atoms with Gasteiger partial charge in [-0.05, 0) is 11.6 Å². The number of amides is 1. The number of hydrogen-bond donors (Lipinski definition) is 1. The first kappa shape index (κ1) is 15.5. The van der Waals surface area contributed by atoms with Gasteiger partial charge in [-0.15, -0.1) is 0 Å². The number of rotatable bonds is 2. The van der Waals surface area contributed by atoms with Gasteiger partial charge in [0.05, 0.1) is 18.1 Å². The van der Waals surface area contributed by atoms with Crippen LogP contribution in [-0.4, -0.2) is 37.2 Å². The molecule has 4 rings (SSSR count). The quantitative estimate of drug-likeness (QED) is 0.904. The van der Waals surface area contributed by atoms with Gasteiger partial charge >= 0.3 is 0 Å². The summed E-state index contributed by atoms with van der Waals surface area (Å²) in [6.45, 7) is 2.73. The van der Waals surface area contributed by atoms with E-state index in [1.54, 1.807) is 0 Å². The molecule has 2 aliphatic rings. The first-order valence-corrected chi connectivity index (χ1v) is 8.51. The molecular formula is C16H15F2N3O2S. The lowest BCUT2D eigenvalue weighted by atomic mass is 9.91. The number of halogens is 2. The van der Waals surface area contributed by atoms with Crippen molar-refractivity contribution < 1.29 is 18.3 Å². The van der Waals surface area contributed by atoms with Crippen LogP contribution in [0, 0.1) is 11.6 Å². The lowest BCUT2D eigenvalue weighted by Crippen LogP contribution is -2.36. The van der Waals surface area contributed by atoms with Crippen LogP contribution in [0.15, 0.2) is 18.2 Å². The molecule has 3 heterocycles. The number of anilines is 2. The number of ether oxygens (including phenoxy) is 1. The maximum absolute atomic E-state index is 14.2. The lowest BCUT2D eigenvalue weighted by Gasteiger charge is -2.26. The summed E-state index contributed by atoms with van der Waals surface area (Å²) in [6, 6.07) is 3.48. The Hall–Kier alpha value is -2.06. The maximum Gasteiger partial charge on any atom is 0.226 e. The van der Waals surface area contributed by atoms with Gasteiger partial charge in [-0.25, -0.2) is 13.8 Å². The van der Waals surface area contributed by atoms with E-state index in [9.17, 15) is 13.6 Å². The molecule has 5 nitrogen and oxygen atoms in total. The van der Waals surface area contributed by atoms with E-state index in [2.05, 4.69) is 15.2 Å². The zero-order valence-electron chi connectivity index (χ0n) is 12.7. The highest BCUT2D eigenvalue weighted by atomic mass is 32.1. The smallest absolute Gasteiger partial charge is 0.226 e. The summed E-state index contributed by atoms with van der Waals surface area (Å²) in [5, 5.41) is 3.55. The van der Waals surface area contributed by atoms with Gasteiger partial charge in [0.1, 0.15) is 17.5 Å². The van der Waals surface area contributed by atoms with Gasteiger partial charge in [0.25, 0.3) is 0 Å². The molecule has 0 radical (unpaired) electrons. The lowest BCUT2D eigenvalue weighted by molar-refractivity contribution is -0.116. The largest absolute Gasteiger partial charge is 0.378 e. The molecule has 2 aromatic rings. The van der Waals surface area contributed by atoms with Gasteiger partial charge in [0.15, 0.2) is 5.13 Å². The van der Waals surface area contributed by atoms with Crippen LogP contribution >= 0.6 is 11.3 Å². The second kappa shape index (κ2) is 6.10. The third kappa shape index (κ3) is 2.76. The van der Waals surface area contributed by atoms with Crippen molar-refractivity contribution in [1.29, 1.82) is 0 Å². The fraction of sp³-hybridized carbons (Fsp3) is 0.375. The number of benzene rings is 1. The van der Waals surface area contributed by atoms with Crippen molar-refractivity contribution in [3.05, 3.63) is 40.3 Å². The van der Waals surface area contributed by atoms with E-state index in [0.29, 0.717) is 24.6 Å². The van der Waals surface area contributed by atoms with Crippen LogP contribution < -0.4 is 10.2 Å². The highest BCUT2D eigenvalue weighted by molar-refractivity contribution is 7.16. The minimum atomic E-state index is -0.637. The number of nitrogens with one attached hydrogen (secondary N) is 1. The third-order valence-electron chi connectivity index (χ3n) is 4.23. The van der Waals surface area contributed by atoms with Gasteiger partial charge in [0, 0.05) is 31.5 Å². The maximum atomic E-state index is 14.2. The van der Waals surface area contributed by atoms with Crippen molar-refractivity contribution in [2.75, 3.05) is 36.5 Å². The number of aromatic nitrogens is 1. The van der Waals surface area contributed by atoms with Crippen molar-refractivity contribution in [3.8, 4) is 0 Å². The minimum Gasteiger partial charge on any atom is -0.378 e. The van der Waals surface area contributed by atoms with E-state index >= 15 is 0 Å². The molecule has 24 heavy (non-hydrogen) atoms. The SMILES string of the molecule is O=C1CC(c2ccc(F)cc2F)c2sc(N3CCOCC3)nc2N1. The predicted molar refractivity (Wildman–Crippen MR) is 86.6 cm³/mol. The summed E-state index contributed by atoms with van der Waals surface area (Å²) in [7, 11) is 0. The average Bonchev–Trinajstić information content (AvgIpc) is 2.99. The first-order chi connectivity index (χ1) is 11.6. The Labute approximate surface area is 141 Å². The van der Waals surface area contributed by atoms with Gasteiger partial charge in [-0.1, -0.05) is 17.4 Å². The summed E-state index contributed by atoms with van der Waals surface area (Å²) in [5.74, 6) is -1.44. The molecule has 1 saturated heterocycles. The molecule has 126 valence electrons. The van der Waals surface area contributed by atoms with Crippen LogP contribution in [0.3, 0.4) is 0 Å². The Kier molecular flexibility index (Phi) is 3.93. The normalized spacial score (nSPS) is 20.7. The number of morpholine rings is 1. The summed E-state index contributed by atoms with van der Waals surface area (Å²) in [6.07, 6.45) is 0.125. The number of thiazole rings is 1. The Morgan fingerprint density at radius 2 is 2.08 bits per heavy atom. The highest BCUT2D eigenvalue weighted by Gasteiger charge is 2.33. The molecule has 2 aliphatic heterocycles. The third-order valence-corrected chi connectivity index (χ3v) is 5.46. The zero-order chi connectivity index (χ0) is 16.7. The van der Waals surface area contributed by atoms with Crippen LogP contribution in [0.5, 0.6) is 0 Å². The number of carbonyl (C=O) groups excluding carboxylic acids is 1. The fourth-order valence-corrected chi connectivity index (χ4v) is 4.22. The second-order valence-electron chi connectivity index (χ2n) is 5.78. The van der Waals surface area contributed by atoms with Crippen molar-refractivity contribution in [3.63, 3.8) is 0 Å². The summed E-state index contributed by atoms with van der Waals surface area (Å²) in [5.41, 5.74) is 0.324. The summed E-state index contributed by atoms with van der Waals surface area (Å²) >= 11 is 1.44. The molecule has 8 heteroatoms. The van der Waals surface area contributed by atoms with Crippen LogP contribution in [0.25, 0.3) is 0 Å². The van der Waals surface area contributed by atoms with Gasteiger partial charge in [-0.3, -0.25) is 4.79 Å². The fourth-order valence-electron chi connectivity index (χ4n) is 3.03. The van der Waals surface area contributed by atoms with Crippen molar-refractivity contribution >= 4 is 28.2 Å². The number of fused-ring (bicyclic) bond motifs is 1. The molecule has 0 saturated carbocycles. The molecule has 1 atom stereocenters. The number of hydrogen-bond acceptors (Lipinski definition) is 5. The predicted octanol–water partition coefficient (Wildman–Crippen LogP) is 2.73. The molecule has 1 unspecified atom stereocenters. The standard InChI is InChI=1S/C16H15F2N3O2S/c17-9-1-2-10(12(18)7-9)11-8-13(22)19-15-14(11)24-16(20-15)21-3-5-23-6-4-21/h1-2,7,11H,3-6,8H2,(H,19,22). The van der Waals surface area contributed by atoms with Gasteiger partial charge < -0.3 is 15.0 Å². The molecule has 1 N–H and O–H groups in total. The van der Waals surface area contributed by atoms with Crippen molar-refractivity contribution in [1.82, 2.24) is 4.98 Å². The molecular weight excluding hydrogens is 336 g/mol. The zero-order valence-corrected chi connectivity index (χ0v) is 13.5.